The highest BCUT2D eigenvalue weighted by Crippen LogP contribution is 2.29. The zero-order valence-electron chi connectivity index (χ0n) is 15.9. The first-order valence-electron chi connectivity index (χ1n) is 9.64. The number of benzene rings is 1. The molecule has 1 aromatic carbocycles. The van der Waals surface area contributed by atoms with Crippen LogP contribution in [0.5, 0.6) is 0 Å². The molecule has 4 aromatic rings. The van der Waals surface area contributed by atoms with Crippen LogP contribution < -0.4 is 5.32 Å². The summed E-state index contributed by atoms with van der Waals surface area (Å²) in [5.74, 6) is 1.13. The molecule has 1 amide bonds. The summed E-state index contributed by atoms with van der Waals surface area (Å²) in [5, 5.41) is 9.66. The number of nitrogens with zero attached hydrogens (tertiary/aromatic N) is 4. The Hall–Kier alpha value is -3.06. The summed E-state index contributed by atoms with van der Waals surface area (Å²) in [6.07, 6.45) is 3.19. The first kappa shape index (κ1) is 18.0. The number of anilines is 1. The highest BCUT2D eigenvalue weighted by atomic mass is 35.5. The number of nitrogens with one attached hydrogen (secondary N) is 1. The molecule has 7 nitrogen and oxygen atoms in total. The van der Waals surface area contributed by atoms with E-state index in [4.69, 9.17) is 21.0 Å². The third kappa shape index (κ3) is 3.11. The van der Waals surface area contributed by atoms with Gasteiger partial charge in [0, 0.05) is 24.5 Å². The molecule has 0 atom stereocenters. The molecule has 1 aliphatic heterocycles. The van der Waals surface area contributed by atoms with Crippen molar-refractivity contribution in [2.24, 2.45) is 0 Å². The zero-order valence-corrected chi connectivity index (χ0v) is 16.7. The van der Waals surface area contributed by atoms with Crippen molar-refractivity contribution in [1.29, 1.82) is 0 Å². The van der Waals surface area contributed by atoms with Crippen LogP contribution in [0.4, 0.5) is 5.82 Å². The quantitative estimate of drug-likeness (QED) is 0.550. The van der Waals surface area contributed by atoms with Crippen molar-refractivity contribution in [3.8, 4) is 0 Å². The van der Waals surface area contributed by atoms with Gasteiger partial charge in [0.15, 0.2) is 11.4 Å². The topological polar surface area (TPSA) is 75.7 Å². The maximum absolute atomic E-state index is 12.5. The molecule has 8 heteroatoms. The van der Waals surface area contributed by atoms with Crippen LogP contribution in [0.25, 0.3) is 16.6 Å². The van der Waals surface area contributed by atoms with Gasteiger partial charge in [0.25, 0.3) is 5.91 Å². The Morgan fingerprint density at radius 2 is 2.00 bits per heavy atom. The van der Waals surface area contributed by atoms with Gasteiger partial charge < -0.3 is 14.6 Å². The molecule has 148 valence electrons. The Bertz CT molecular complexity index is 1190. The third-order valence-corrected chi connectivity index (χ3v) is 5.87. The number of piperidine rings is 1. The van der Waals surface area contributed by atoms with Crippen LogP contribution in [0.2, 0.25) is 5.02 Å². The average molecular weight is 410 g/mol. The highest BCUT2D eigenvalue weighted by Gasteiger charge is 2.26. The largest absolute Gasteiger partial charge is 0.459 e. The van der Waals surface area contributed by atoms with Gasteiger partial charge in [0.05, 0.1) is 17.5 Å². The summed E-state index contributed by atoms with van der Waals surface area (Å²) in [6.45, 7) is 3.22. The fourth-order valence-electron chi connectivity index (χ4n) is 3.87. The average Bonchev–Trinajstić information content (AvgIpc) is 3.38. The fraction of sp³-hybridized carbons (Fsp3) is 0.286. The van der Waals surface area contributed by atoms with Crippen molar-refractivity contribution in [1.82, 2.24) is 19.5 Å². The Labute approximate surface area is 172 Å². The van der Waals surface area contributed by atoms with E-state index in [1.54, 1.807) is 16.6 Å². The maximum atomic E-state index is 12.5. The Morgan fingerprint density at radius 3 is 2.76 bits per heavy atom. The molecule has 1 fully saturated rings. The zero-order chi connectivity index (χ0) is 20.0. The summed E-state index contributed by atoms with van der Waals surface area (Å²) >= 11 is 6.43. The molecule has 0 spiro atoms. The Morgan fingerprint density at radius 1 is 1.21 bits per heavy atom. The maximum Gasteiger partial charge on any atom is 0.289 e. The van der Waals surface area contributed by atoms with E-state index in [1.165, 1.54) is 6.26 Å². The lowest BCUT2D eigenvalue weighted by molar-refractivity contribution is 0.0686. The number of furan rings is 1. The lowest BCUT2D eigenvalue weighted by Crippen LogP contribution is -2.42. The fourth-order valence-corrected chi connectivity index (χ4v) is 4.03. The number of aryl methyl sites for hydroxylation is 1. The second-order valence-corrected chi connectivity index (χ2v) is 7.68. The van der Waals surface area contributed by atoms with E-state index in [2.05, 4.69) is 10.4 Å². The number of hydrogen-bond acceptors (Lipinski definition) is 5. The molecular weight excluding hydrogens is 390 g/mol. The summed E-state index contributed by atoms with van der Waals surface area (Å²) in [4.78, 5) is 19.1. The van der Waals surface area contributed by atoms with E-state index >= 15 is 0 Å². The lowest BCUT2D eigenvalue weighted by Gasteiger charge is -2.32. The van der Waals surface area contributed by atoms with Gasteiger partial charge in [-0.05, 0) is 44.0 Å². The lowest BCUT2D eigenvalue weighted by atomic mass is 10.0. The molecule has 1 saturated heterocycles. The smallest absolute Gasteiger partial charge is 0.289 e. The van der Waals surface area contributed by atoms with Crippen LogP contribution in [0.1, 0.15) is 29.1 Å². The molecule has 3 aromatic heterocycles. The Balaban J connectivity index is 1.39. The van der Waals surface area contributed by atoms with E-state index < -0.39 is 0 Å². The van der Waals surface area contributed by atoms with E-state index in [-0.39, 0.29) is 11.9 Å². The number of hydrogen-bond donors (Lipinski definition) is 1. The minimum absolute atomic E-state index is 0.0556. The third-order valence-electron chi connectivity index (χ3n) is 5.42. The number of amides is 1. The van der Waals surface area contributed by atoms with Gasteiger partial charge in [0.1, 0.15) is 10.8 Å². The van der Waals surface area contributed by atoms with E-state index in [0.29, 0.717) is 29.5 Å². The minimum Gasteiger partial charge on any atom is -0.459 e. The number of halogens is 1. The first-order valence-corrected chi connectivity index (χ1v) is 10.0. The molecule has 1 N–H and O–H groups in total. The molecule has 0 radical (unpaired) electrons. The summed E-state index contributed by atoms with van der Waals surface area (Å²) in [7, 11) is 0. The van der Waals surface area contributed by atoms with E-state index in [1.807, 2.05) is 36.1 Å². The van der Waals surface area contributed by atoms with Gasteiger partial charge in [-0.15, -0.1) is 0 Å². The minimum atomic E-state index is -0.0556. The van der Waals surface area contributed by atoms with Gasteiger partial charge in [-0.1, -0.05) is 23.7 Å². The highest BCUT2D eigenvalue weighted by molar-refractivity contribution is 6.34. The number of fused-ring (bicyclic) bond motifs is 3. The van der Waals surface area contributed by atoms with Crippen molar-refractivity contribution in [2.75, 3.05) is 18.4 Å². The van der Waals surface area contributed by atoms with Crippen molar-refractivity contribution in [3.05, 3.63) is 59.1 Å². The number of aromatic nitrogens is 3. The number of carbonyl (C=O) groups excluding carboxylic acids is 1. The summed E-state index contributed by atoms with van der Waals surface area (Å²) in [5.41, 5.74) is 2.36. The van der Waals surface area contributed by atoms with Crippen molar-refractivity contribution < 1.29 is 9.21 Å². The van der Waals surface area contributed by atoms with Gasteiger partial charge in [-0.2, -0.15) is 5.10 Å². The van der Waals surface area contributed by atoms with Gasteiger partial charge in [-0.25, -0.2) is 9.50 Å². The van der Waals surface area contributed by atoms with Gasteiger partial charge >= 0.3 is 0 Å². The van der Waals surface area contributed by atoms with Crippen LogP contribution in [0, 0.1) is 6.92 Å². The van der Waals surface area contributed by atoms with Crippen molar-refractivity contribution in [3.63, 3.8) is 0 Å². The van der Waals surface area contributed by atoms with Gasteiger partial charge in [0.2, 0.25) is 0 Å². The SMILES string of the molecule is Cc1nn2c(nc(NC3CCN(C(=O)c4ccco4)CC3)c3ccccc32)c1Cl. The van der Waals surface area contributed by atoms with E-state index in [0.717, 1.165) is 35.3 Å². The van der Waals surface area contributed by atoms with Crippen LogP contribution in [0.15, 0.2) is 47.1 Å². The number of para-hydroxylation sites is 1. The van der Waals surface area contributed by atoms with Crippen LogP contribution in [0.3, 0.4) is 0 Å². The van der Waals surface area contributed by atoms with Crippen LogP contribution in [-0.4, -0.2) is 44.5 Å². The first-order chi connectivity index (χ1) is 14.1. The molecule has 0 unspecified atom stereocenters. The summed E-state index contributed by atoms with van der Waals surface area (Å²) < 4.78 is 7.03. The summed E-state index contributed by atoms with van der Waals surface area (Å²) in [6, 6.07) is 11.7. The van der Waals surface area contributed by atoms with Crippen molar-refractivity contribution in [2.45, 2.75) is 25.8 Å². The normalized spacial score (nSPS) is 15.3. The predicted molar refractivity (Wildman–Crippen MR) is 111 cm³/mol. The monoisotopic (exact) mass is 409 g/mol. The molecule has 1 aliphatic rings. The predicted octanol–water partition coefficient (Wildman–Crippen LogP) is 4.15. The molecule has 5 rings (SSSR count). The number of carbonyl (C=O) groups is 1. The van der Waals surface area contributed by atoms with Gasteiger partial charge in [-0.3, -0.25) is 4.79 Å². The number of rotatable bonds is 3. The van der Waals surface area contributed by atoms with Crippen molar-refractivity contribution >= 4 is 39.9 Å². The second kappa shape index (κ2) is 7.08. The molecule has 0 aliphatic carbocycles. The number of likely N-dealkylation sites (tertiary alicyclic amines) is 1. The molecule has 4 heterocycles. The van der Waals surface area contributed by atoms with Crippen LogP contribution in [-0.2, 0) is 0 Å². The second-order valence-electron chi connectivity index (χ2n) is 7.30. The molecule has 29 heavy (non-hydrogen) atoms. The van der Waals surface area contributed by atoms with Crippen LogP contribution >= 0.6 is 11.6 Å². The molecule has 0 bridgehead atoms. The molecular formula is C21H20ClN5O2. The Kier molecular flexibility index (Phi) is 4.39. The standard InChI is InChI=1S/C21H20ClN5O2/c1-13-18(22)20-24-19(15-5-2-3-6-16(15)27(20)25-13)23-14-8-10-26(11-9-14)21(28)17-7-4-12-29-17/h2-7,12,14H,8-11H2,1H3,(H,23,24). The van der Waals surface area contributed by atoms with E-state index in [9.17, 15) is 4.79 Å². The molecule has 0 saturated carbocycles.